The highest BCUT2D eigenvalue weighted by Gasteiger charge is 2.40. The summed E-state index contributed by atoms with van der Waals surface area (Å²) in [6, 6.07) is 4.44. The monoisotopic (exact) mass is 409 g/mol. The predicted molar refractivity (Wildman–Crippen MR) is 121 cm³/mol. The van der Waals surface area contributed by atoms with Gasteiger partial charge in [0.1, 0.15) is 0 Å². The first kappa shape index (κ1) is 20.5. The lowest BCUT2D eigenvalue weighted by molar-refractivity contribution is 0.0919. The van der Waals surface area contributed by atoms with Crippen LogP contribution in [0.4, 0.5) is 0 Å². The van der Waals surface area contributed by atoms with Gasteiger partial charge in [0.25, 0.3) is 5.91 Å². The average molecular weight is 410 g/mol. The molecule has 1 aromatic rings. The summed E-state index contributed by atoms with van der Waals surface area (Å²) in [6.45, 7) is 5.65. The number of hydrogen-bond acceptors (Lipinski definition) is 3. The maximum Gasteiger partial charge on any atom is 0.253 e. The first-order valence-corrected chi connectivity index (χ1v) is 12.7. The number of likely N-dealkylation sites (tertiary alicyclic amines) is 1. The molecule has 4 heteroatoms. The molecule has 4 aliphatic rings. The lowest BCUT2D eigenvalue weighted by Crippen LogP contribution is -2.40. The van der Waals surface area contributed by atoms with Crippen LogP contribution in [0.2, 0.25) is 0 Å². The molecule has 2 bridgehead atoms. The summed E-state index contributed by atoms with van der Waals surface area (Å²) in [5.74, 6) is 3.02. The van der Waals surface area contributed by atoms with E-state index < -0.39 is 0 Å². The van der Waals surface area contributed by atoms with Crippen LogP contribution in [-0.4, -0.2) is 41.5 Å². The van der Waals surface area contributed by atoms with Crippen molar-refractivity contribution in [2.75, 3.05) is 19.6 Å². The van der Waals surface area contributed by atoms with Crippen molar-refractivity contribution in [3.05, 3.63) is 29.1 Å². The van der Waals surface area contributed by atoms with Gasteiger partial charge in [0.2, 0.25) is 0 Å². The van der Waals surface area contributed by atoms with Gasteiger partial charge in [-0.05, 0) is 94.8 Å². The van der Waals surface area contributed by atoms with Gasteiger partial charge in [-0.25, -0.2) is 0 Å². The molecule has 0 radical (unpaired) electrons. The number of hydrogen-bond donors (Lipinski definition) is 1. The first-order chi connectivity index (χ1) is 14.7. The van der Waals surface area contributed by atoms with E-state index in [0.29, 0.717) is 17.9 Å². The van der Waals surface area contributed by atoms with Crippen molar-refractivity contribution >= 4 is 5.91 Å². The summed E-state index contributed by atoms with van der Waals surface area (Å²) in [5.41, 5.74) is 2.94. The summed E-state index contributed by atoms with van der Waals surface area (Å²) in [5, 5.41) is 3.40. The lowest BCUT2D eigenvalue weighted by Gasteiger charge is -2.35. The Morgan fingerprint density at radius 2 is 1.83 bits per heavy atom. The van der Waals surface area contributed by atoms with Crippen molar-refractivity contribution in [1.82, 2.24) is 15.2 Å². The molecule has 0 spiro atoms. The molecule has 4 nitrogen and oxygen atoms in total. The molecule has 164 valence electrons. The fourth-order valence-electron chi connectivity index (χ4n) is 6.87. The van der Waals surface area contributed by atoms with Crippen LogP contribution in [0.15, 0.2) is 12.1 Å². The van der Waals surface area contributed by atoms with Gasteiger partial charge in [-0.2, -0.15) is 0 Å². The minimum absolute atomic E-state index is 0.125. The number of aromatic nitrogens is 1. The number of nitrogens with zero attached hydrogens (tertiary/aromatic N) is 2. The van der Waals surface area contributed by atoms with E-state index in [4.69, 9.17) is 4.98 Å². The molecule has 1 N–H and O–H groups in total. The summed E-state index contributed by atoms with van der Waals surface area (Å²) in [6.07, 6.45) is 14.6. The van der Waals surface area contributed by atoms with E-state index in [2.05, 4.69) is 17.1 Å². The highest BCUT2D eigenvalue weighted by molar-refractivity contribution is 5.95. The van der Waals surface area contributed by atoms with Crippen LogP contribution >= 0.6 is 0 Å². The van der Waals surface area contributed by atoms with E-state index in [1.807, 2.05) is 12.1 Å². The number of fused-ring (bicyclic) bond motifs is 2. The van der Waals surface area contributed by atoms with Crippen molar-refractivity contribution < 1.29 is 4.79 Å². The molecule has 3 unspecified atom stereocenters. The Bertz CT molecular complexity index is 749. The van der Waals surface area contributed by atoms with E-state index in [1.165, 1.54) is 64.3 Å². The number of rotatable bonds is 5. The quantitative estimate of drug-likeness (QED) is 0.739. The second kappa shape index (κ2) is 8.98. The highest BCUT2D eigenvalue weighted by Crippen LogP contribution is 2.44. The molecule has 1 aromatic heterocycles. The number of piperidine rings is 1. The second-order valence-electron chi connectivity index (χ2n) is 10.7. The van der Waals surface area contributed by atoms with E-state index in [1.54, 1.807) is 0 Å². The van der Waals surface area contributed by atoms with E-state index in [-0.39, 0.29) is 5.91 Å². The van der Waals surface area contributed by atoms with Gasteiger partial charge >= 0.3 is 0 Å². The van der Waals surface area contributed by atoms with Gasteiger partial charge in [0, 0.05) is 24.2 Å². The molecular weight excluding hydrogens is 370 g/mol. The predicted octanol–water partition coefficient (Wildman–Crippen LogP) is 5.07. The van der Waals surface area contributed by atoms with Crippen LogP contribution in [0.25, 0.3) is 0 Å². The molecule has 1 aliphatic heterocycles. The maximum atomic E-state index is 13.2. The second-order valence-corrected chi connectivity index (χ2v) is 10.7. The third kappa shape index (κ3) is 4.44. The average Bonchev–Trinajstić information content (AvgIpc) is 3.38. The Morgan fingerprint density at radius 1 is 1.03 bits per heavy atom. The number of aryl methyl sites for hydroxylation is 1. The normalized spacial score (nSPS) is 30.6. The Kier molecular flexibility index (Phi) is 6.13. The van der Waals surface area contributed by atoms with Crippen molar-refractivity contribution in [3.63, 3.8) is 0 Å². The largest absolute Gasteiger partial charge is 0.349 e. The maximum absolute atomic E-state index is 13.2. The smallest absolute Gasteiger partial charge is 0.253 e. The van der Waals surface area contributed by atoms with Crippen LogP contribution in [0.1, 0.15) is 98.3 Å². The van der Waals surface area contributed by atoms with Crippen LogP contribution in [0, 0.1) is 24.7 Å². The van der Waals surface area contributed by atoms with Crippen molar-refractivity contribution in [1.29, 1.82) is 0 Å². The number of carbonyl (C=O) groups is 1. The number of carbonyl (C=O) groups excluding carboxylic acids is 1. The number of nitrogens with one attached hydrogen (secondary N) is 1. The van der Waals surface area contributed by atoms with Crippen LogP contribution in [0.5, 0.6) is 0 Å². The summed E-state index contributed by atoms with van der Waals surface area (Å²) < 4.78 is 0. The summed E-state index contributed by atoms with van der Waals surface area (Å²) in [7, 11) is 0. The van der Waals surface area contributed by atoms with Gasteiger partial charge in [-0.15, -0.1) is 0 Å². The molecule has 30 heavy (non-hydrogen) atoms. The Hall–Kier alpha value is -1.42. The van der Waals surface area contributed by atoms with Gasteiger partial charge < -0.3 is 10.2 Å². The van der Waals surface area contributed by atoms with Crippen molar-refractivity contribution in [2.24, 2.45) is 17.8 Å². The minimum atomic E-state index is 0.125. The zero-order valence-electron chi connectivity index (χ0n) is 18.7. The van der Waals surface area contributed by atoms with Gasteiger partial charge in [-0.3, -0.25) is 9.78 Å². The van der Waals surface area contributed by atoms with Crippen LogP contribution < -0.4 is 5.32 Å². The molecular formula is C26H39N3O. The summed E-state index contributed by atoms with van der Waals surface area (Å²) >= 11 is 0. The Labute approximate surface area is 182 Å². The zero-order valence-corrected chi connectivity index (χ0v) is 18.7. The molecule has 3 aliphatic carbocycles. The molecule has 5 rings (SSSR count). The molecule has 4 fully saturated rings. The van der Waals surface area contributed by atoms with Gasteiger partial charge in [0.15, 0.2) is 0 Å². The molecule has 3 atom stereocenters. The number of pyridine rings is 1. The van der Waals surface area contributed by atoms with Crippen molar-refractivity contribution in [3.8, 4) is 0 Å². The third-order valence-electron chi connectivity index (χ3n) is 8.58. The van der Waals surface area contributed by atoms with E-state index in [9.17, 15) is 4.79 Å². The highest BCUT2D eigenvalue weighted by atomic mass is 16.1. The fourth-order valence-corrected chi connectivity index (χ4v) is 6.87. The first-order valence-electron chi connectivity index (χ1n) is 12.7. The fraction of sp³-hybridized carbons (Fsp3) is 0.769. The Balaban J connectivity index is 1.22. The molecule has 0 aromatic carbocycles. The third-order valence-corrected chi connectivity index (χ3v) is 8.58. The van der Waals surface area contributed by atoms with Gasteiger partial charge in [0.05, 0.1) is 11.3 Å². The van der Waals surface area contributed by atoms with Gasteiger partial charge in [-0.1, -0.05) is 25.7 Å². The molecule has 3 saturated carbocycles. The standard InChI is InChI=1S/C26H39N3O/c1-18-7-10-23(26(30)28-24-16-20-8-9-22(24)15-20)25(27-18)21-11-13-29(14-12-21)17-19-5-3-2-4-6-19/h7,10,19-22,24H,2-6,8-9,11-17H2,1H3,(H,28,30). The van der Waals surface area contributed by atoms with Crippen LogP contribution in [0.3, 0.4) is 0 Å². The molecule has 2 heterocycles. The summed E-state index contributed by atoms with van der Waals surface area (Å²) in [4.78, 5) is 20.8. The Morgan fingerprint density at radius 3 is 2.53 bits per heavy atom. The number of amides is 1. The van der Waals surface area contributed by atoms with E-state index >= 15 is 0 Å². The topological polar surface area (TPSA) is 45.2 Å². The van der Waals surface area contributed by atoms with Crippen molar-refractivity contribution in [2.45, 2.75) is 89.5 Å². The molecule has 1 saturated heterocycles. The van der Waals surface area contributed by atoms with E-state index in [0.717, 1.165) is 54.7 Å². The molecule has 1 amide bonds. The SMILES string of the molecule is Cc1ccc(C(=O)NC2CC3CCC2C3)c(C2CCN(CC3CCCCC3)CC2)n1. The zero-order chi connectivity index (χ0) is 20.5. The minimum Gasteiger partial charge on any atom is -0.349 e. The van der Waals surface area contributed by atoms with Crippen LogP contribution in [-0.2, 0) is 0 Å². The lowest BCUT2D eigenvalue weighted by atomic mass is 9.86.